The number of hydrogen-bond acceptors (Lipinski definition) is 3. The molecule has 1 aliphatic rings. The van der Waals surface area contributed by atoms with Crippen LogP contribution < -0.4 is 4.72 Å². The van der Waals surface area contributed by atoms with Crippen molar-refractivity contribution in [2.45, 2.75) is 44.2 Å². The van der Waals surface area contributed by atoms with Gasteiger partial charge in [0, 0.05) is 26.1 Å². The molecule has 2 rings (SSSR count). The zero-order valence-corrected chi connectivity index (χ0v) is 15.6. The third-order valence-electron chi connectivity index (χ3n) is 4.50. The maximum Gasteiger partial charge on any atom is 0.393 e. The quantitative estimate of drug-likeness (QED) is 0.838. The van der Waals surface area contributed by atoms with Crippen LogP contribution in [0.4, 0.5) is 13.2 Å². The first-order chi connectivity index (χ1) is 12.0. The van der Waals surface area contributed by atoms with Gasteiger partial charge in [-0.1, -0.05) is 12.1 Å². The Morgan fingerprint density at radius 3 is 2.65 bits per heavy atom. The number of nitrogens with zero attached hydrogens (tertiary/aromatic N) is 1. The second kappa shape index (κ2) is 7.96. The molecule has 5 nitrogen and oxygen atoms in total. The number of carbonyl (C=O) groups excluding carboxylic acids is 1. The molecule has 1 aromatic carbocycles. The van der Waals surface area contributed by atoms with Crippen LogP contribution in [-0.2, 0) is 14.8 Å². The van der Waals surface area contributed by atoms with Crippen molar-refractivity contribution in [3.05, 3.63) is 29.3 Å². The molecular formula is C17H23F3N2O3S. The molecule has 9 heteroatoms. The van der Waals surface area contributed by atoms with Crippen LogP contribution in [0.1, 0.15) is 30.4 Å². The lowest BCUT2D eigenvalue weighted by Crippen LogP contribution is -2.45. The topological polar surface area (TPSA) is 66.5 Å². The van der Waals surface area contributed by atoms with E-state index in [1.54, 1.807) is 26.0 Å². The number of benzene rings is 1. The molecule has 26 heavy (non-hydrogen) atoms. The Kier molecular flexibility index (Phi) is 6.33. The van der Waals surface area contributed by atoms with E-state index in [1.165, 1.54) is 11.0 Å². The van der Waals surface area contributed by atoms with E-state index in [0.29, 0.717) is 12.0 Å². The maximum absolute atomic E-state index is 12.8. The Bertz CT molecular complexity index is 763. The van der Waals surface area contributed by atoms with E-state index in [9.17, 15) is 26.4 Å². The number of aryl methyl sites for hydroxylation is 2. The molecule has 0 bridgehead atoms. The van der Waals surface area contributed by atoms with E-state index in [0.717, 1.165) is 5.56 Å². The molecular weight excluding hydrogens is 369 g/mol. The summed E-state index contributed by atoms with van der Waals surface area (Å²) in [5.74, 6) is -1.98. The predicted molar refractivity (Wildman–Crippen MR) is 91.1 cm³/mol. The van der Waals surface area contributed by atoms with Gasteiger partial charge in [-0.25, -0.2) is 13.1 Å². The number of piperidine rings is 1. The molecule has 1 amide bonds. The standard InChI is InChI=1S/C17H23F3N2O3S/c1-12-5-6-13(2)15(10-12)26(24,25)21-8-7-16(23)22-9-3-4-14(11-22)17(18,19)20/h5-6,10,14,21H,3-4,7-9,11H2,1-2H3. The van der Waals surface area contributed by atoms with Gasteiger partial charge >= 0.3 is 6.18 Å². The average Bonchev–Trinajstić information content (AvgIpc) is 2.56. The molecule has 1 N–H and O–H groups in total. The number of amides is 1. The summed E-state index contributed by atoms with van der Waals surface area (Å²) in [6.07, 6.45) is -4.17. The molecule has 0 saturated carbocycles. The van der Waals surface area contributed by atoms with Gasteiger partial charge < -0.3 is 4.90 Å². The largest absolute Gasteiger partial charge is 0.393 e. The second-order valence-corrected chi connectivity index (χ2v) is 8.37. The van der Waals surface area contributed by atoms with E-state index in [1.807, 2.05) is 0 Å². The number of sulfonamides is 1. The minimum absolute atomic E-state index is 0.0204. The minimum Gasteiger partial charge on any atom is -0.342 e. The molecule has 146 valence electrons. The van der Waals surface area contributed by atoms with Crippen molar-refractivity contribution < 1.29 is 26.4 Å². The van der Waals surface area contributed by atoms with Crippen LogP contribution in [-0.4, -0.2) is 45.0 Å². The SMILES string of the molecule is Cc1ccc(C)c(S(=O)(=O)NCCC(=O)N2CCCC(C(F)(F)F)C2)c1. The highest BCUT2D eigenvalue weighted by atomic mass is 32.2. The van der Waals surface area contributed by atoms with Gasteiger partial charge in [-0.3, -0.25) is 4.79 Å². The lowest BCUT2D eigenvalue weighted by Gasteiger charge is -2.33. The smallest absolute Gasteiger partial charge is 0.342 e. The van der Waals surface area contributed by atoms with Gasteiger partial charge in [-0.2, -0.15) is 13.2 Å². The Morgan fingerprint density at radius 2 is 2.00 bits per heavy atom. The zero-order chi connectivity index (χ0) is 19.5. The highest BCUT2D eigenvalue weighted by molar-refractivity contribution is 7.89. The van der Waals surface area contributed by atoms with Gasteiger partial charge in [0.05, 0.1) is 10.8 Å². The average molecular weight is 392 g/mol. The summed E-state index contributed by atoms with van der Waals surface area (Å²) in [6.45, 7) is 3.21. The number of alkyl halides is 3. The molecule has 0 radical (unpaired) electrons. The zero-order valence-electron chi connectivity index (χ0n) is 14.8. The molecule has 1 heterocycles. The fourth-order valence-electron chi connectivity index (χ4n) is 3.00. The van der Waals surface area contributed by atoms with Crippen LogP contribution in [0.15, 0.2) is 23.1 Å². The summed E-state index contributed by atoms with van der Waals surface area (Å²) in [7, 11) is -3.77. The molecule has 1 saturated heterocycles. The maximum atomic E-state index is 12.8. The van der Waals surface area contributed by atoms with Crippen LogP contribution in [0.2, 0.25) is 0 Å². The highest BCUT2D eigenvalue weighted by Crippen LogP contribution is 2.33. The molecule has 1 unspecified atom stereocenters. The third-order valence-corrected chi connectivity index (χ3v) is 6.10. The van der Waals surface area contributed by atoms with Gasteiger partial charge in [0.2, 0.25) is 15.9 Å². The minimum atomic E-state index is -4.32. The van der Waals surface area contributed by atoms with E-state index in [-0.39, 0.29) is 37.4 Å². The van der Waals surface area contributed by atoms with Crippen molar-refractivity contribution in [2.75, 3.05) is 19.6 Å². The predicted octanol–water partition coefficient (Wildman–Crippen LogP) is 2.77. The van der Waals surface area contributed by atoms with Crippen molar-refractivity contribution in [1.82, 2.24) is 9.62 Å². The van der Waals surface area contributed by atoms with Crippen LogP contribution in [0.3, 0.4) is 0 Å². The summed E-state index contributed by atoms with van der Waals surface area (Å²) in [6, 6.07) is 5.03. The van der Waals surface area contributed by atoms with Gasteiger partial charge in [-0.15, -0.1) is 0 Å². The van der Waals surface area contributed by atoms with E-state index >= 15 is 0 Å². The molecule has 0 aromatic heterocycles. The van der Waals surface area contributed by atoms with E-state index in [4.69, 9.17) is 0 Å². The van der Waals surface area contributed by atoms with Crippen LogP contribution in [0.25, 0.3) is 0 Å². The molecule has 0 aliphatic carbocycles. The summed E-state index contributed by atoms with van der Waals surface area (Å²) >= 11 is 0. The van der Waals surface area contributed by atoms with Crippen LogP contribution in [0, 0.1) is 19.8 Å². The molecule has 0 spiro atoms. The number of nitrogens with one attached hydrogen (secondary N) is 1. The summed E-state index contributed by atoms with van der Waals surface area (Å²) in [5.41, 5.74) is 1.37. The highest BCUT2D eigenvalue weighted by Gasteiger charge is 2.42. The van der Waals surface area contributed by atoms with Crippen molar-refractivity contribution in [3.8, 4) is 0 Å². The molecule has 1 fully saturated rings. The fraction of sp³-hybridized carbons (Fsp3) is 0.588. The van der Waals surface area contributed by atoms with Crippen molar-refractivity contribution >= 4 is 15.9 Å². The first-order valence-electron chi connectivity index (χ1n) is 8.42. The first kappa shape index (κ1) is 20.7. The number of halogens is 3. The van der Waals surface area contributed by atoms with Gasteiger partial charge in [0.1, 0.15) is 0 Å². The normalized spacial score (nSPS) is 18.8. The lowest BCUT2D eigenvalue weighted by atomic mass is 9.97. The second-order valence-electron chi connectivity index (χ2n) is 6.64. The van der Waals surface area contributed by atoms with Crippen molar-refractivity contribution in [2.24, 2.45) is 5.92 Å². The Labute approximate surface area is 151 Å². The van der Waals surface area contributed by atoms with Gasteiger partial charge in [-0.05, 0) is 43.9 Å². The van der Waals surface area contributed by atoms with E-state index in [2.05, 4.69) is 4.72 Å². The summed E-state index contributed by atoms with van der Waals surface area (Å²) in [5, 5.41) is 0. The number of carbonyl (C=O) groups is 1. The number of hydrogen-bond donors (Lipinski definition) is 1. The molecule has 1 atom stereocenters. The first-order valence-corrected chi connectivity index (χ1v) is 9.90. The Hall–Kier alpha value is -1.61. The van der Waals surface area contributed by atoms with Crippen LogP contribution in [0.5, 0.6) is 0 Å². The Balaban J connectivity index is 1.92. The van der Waals surface area contributed by atoms with E-state index < -0.39 is 28.0 Å². The monoisotopic (exact) mass is 392 g/mol. The van der Waals surface area contributed by atoms with Gasteiger partial charge in [0.25, 0.3) is 0 Å². The van der Waals surface area contributed by atoms with Crippen LogP contribution >= 0.6 is 0 Å². The van der Waals surface area contributed by atoms with Crippen molar-refractivity contribution in [3.63, 3.8) is 0 Å². The number of likely N-dealkylation sites (tertiary alicyclic amines) is 1. The summed E-state index contributed by atoms with van der Waals surface area (Å²) in [4.78, 5) is 13.5. The van der Waals surface area contributed by atoms with Gasteiger partial charge in [0.15, 0.2) is 0 Å². The fourth-order valence-corrected chi connectivity index (χ4v) is 4.36. The summed E-state index contributed by atoms with van der Waals surface area (Å²) < 4.78 is 65.5. The lowest BCUT2D eigenvalue weighted by molar-refractivity contribution is -0.188. The third kappa shape index (κ3) is 5.20. The number of rotatable bonds is 5. The molecule has 1 aliphatic heterocycles. The molecule has 1 aromatic rings. The Morgan fingerprint density at radius 1 is 1.31 bits per heavy atom. The van der Waals surface area contributed by atoms with Crippen molar-refractivity contribution in [1.29, 1.82) is 0 Å².